The Morgan fingerprint density at radius 3 is 2.54 bits per heavy atom. The summed E-state index contributed by atoms with van der Waals surface area (Å²) in [6, 6.07) is 5.20. The molecule has 0 unspecified atom stereocenters. The van der Waals surface area contributed by atoms with Crippen LogP contribution >= 0.6 is 0 Å². The van der Waals surface area contributed by atoms with Crippen LogP contribution in [0.25, 0.3) is 11.0 Å². The summed E-state index contributed by atoms with van der Waals surface area (Å²) in [6.45, 7) is 3.95. The fourth-order valence-electron chi connectivity index (χ4n) is 2.67. The molecular weight excluding hydrogens is 366 g/mol. The van der Waals surface area contributed by atoms with Crippen molar-refractivity contribution in [2.45, 2.75) is 19.9 Å². The third-order valence-electron chi connectivity index (χ3n) is 3.99. The molecule has 0 spiro atoms. The van der Waals surface area contributed by atoms with Gasteiger partial charge in [0.25, 0.3) is 11.6 Å². The van der Waals surface area contributed by atoms with Gasteiger partial charge in [-0.2, -0.15) is 5.10 Å². The number of carbonyl (C=O) groups is 2. The van der Waals surface area contributed by atoms with Gasteiger partial charge in [0, 0.05) is 29.1 Å². The van der Waals surface area contributed by atoms with Gasteiger partial charge in [0.2, 0.25) is 0 Å². The number of amides is 1. The van der Waals surface area contributed by atoms with Crippen LogP contribution in [0.15, 0.2) is 36.7 Å². The number of benzene rings is 1. The number of nitro groups is 1. The minimum Gasteiger partial charge on any atom is -0.465 e. The van der Waals surface area contributed by atoms with E-state index >= 15 is 0 Å². The molecule has 3 rings (SSSR count). The lowest BCUT2D eigenvalue weighted by Gasteiger charge is -2.08. The number of methoxy groups -OCH3 is 1. The smallest absolute Gasteiger partial charge is 0.338 e. The van der Waals surface area contributed by atoms with Crippen LogP contribution in [0.3, 0.4) is 0 Å². The molecule has 0 radical (unpaired) electrons. The standard InChI is InChI=1S/C18H17N5O5/c1-10(2)22-16-13(8-20-22)5-14(9-19-16)21-17(24)11-4-12(18(25)28-3)7-15(6-11)23(26)27/h4-10H,1-3H3,(H,21,24). The molecule has 10 nitrogen and oxygen atoms in total. The highest BCUT2D eigenvalue weighted by molar-refractivity contribution is 6.06. The van der Waals surface area contributed by atoms with Crippen molar-refractivity contribution in [3.8, 4) is 0 Å². The number of nitrogens with one attached hydrogen (secondary N) is 1. The minimum absolute atomic E-state index is 0.0485. The topological polar surface area (TPSA) is 129 Å². The molecule has 144 valence electrons. The van der Waals surface area contributed by atoms with E-state index in [0.717, 1.165) is 24.6 Å². The quantitative estimate of drug-likeness (QED) is 0.407. The van der Waals surface area contributed by atoms with Crippen molar-refractivity contribution >= 4 is 34.3 Å². The molecule has 0 aliphatic heterocycles. The van der Waals surface area contributed by atoms with E-state index in [2.05, 4.69) is 20.1 Å². The minimum atomic E-state index is -0.776. The van der Waals surface area contributed by atoms with Gasteiger partial charge in [-0.15, -0.1) is 0 Å². The van der Waals surface area contributed by atoms with E-state index in [4.69, 9.17) is 0 Å². The number of nitrogens with zero attached hydrogens (tertiary/aromatic N) is 4. The third kappa shape index (κ3) is 3.65. The Hall–Kier alpha value is -3.82. The van der Waals surface area contributed by atoms with E-state index in [1.54, 1.807) is 16.9 Å². The van der Waals surface area contributed by atoms with Crippen LogP contribution in [0.1, 0.15) is 40.6 Å². The molecule has 1 N–H and O–H groups in total. The molecule has 28 heavy (non-hydrogen) atoms. The average Bonchev–Trinajstić information content (AvgIpc) is 3.10. The second kappa shape index (κ2) is 7.43. The molecule has 0 aliphatic carbocycles. The lowest BCUT2D eigenvalue weighted by molar-refractivity contribution is -0.384. The fraction of sp³-hybridized carbons (Fsp3) is 0.222. The monoisotopic (exact) mass is 383 g/mol. The van der Waals surface area contributed by atoms with Crippen LogP contribution in [-0.4, -0.2) is 38.7 Å². The average molecular weight is 383 g/mol. The summed E-state index contributed by atoms with van der Waals surface area (Å²) in [7, 11) is 1.15. The molecule has 0 atom stereocenters. The number of anilines is 1. The first kappa shape index (κ1) is 19.0. The van der Waals surface area contributed by atoms with E-state index in [1.165, 1.54) is 12.3 Å². The highest BCUT2D eigenvalue weighted by Gasteiger charge is 2.19. The summed E-state index contributed by atoms with van der Waals surface area (Å²) in [6.07, 6.45) is 3.11. The first-order valence-corrected chi connectivity index (χ1v) is 8.32. The SMILES string of the molecule is COC(=O)c1cc(C(=O)Nc2cnc3c(cnn3C(C)C)c2)cc([N+](=O)[O-])c1. The van der Waals surface area contributed by atoms with Gasteiger partial charge >= 0.3 is 5.97 Å². The number of rotatable bonds is 5. The third-order valence-corrected chi connectivity index (χ3v) is 3.99. The highest BCUT2D eigenvalue weighted by atomic mass is 16.6. The largest absolute Gasteiger partial charge is 0.465 e. The van der Waals surface area contributed by atoms with Crippen LogP contribution in [0.4, 0.5) is 11.4 Å². The van der Waals surface area contributed by atoms with Crippen LogP contribution in [0.5, 0.6) is 0 Å². The Morgan fingerprint density at radius 2 is 1.89 bits per heavy atom. The molecule has 0 saturated carbocycles. The van der Waals surface area contributed by atoms with Gasteiger partial charge in [0.15, 0.2) is 5.65 Å². The van der Waals surface area contributed by atoms with Crippen molar-refractivity contribution in [2.75, 3.05) is 12.4 Å². The molecule has 10 heteroatoms. The summed E-state index contributed by atoms with van der Waals surface area (Å²) < 4.78 is 6.34. The Labute approximate surface area is 159 Å². The Balaban J connectivity index is 1.92. The second-order valence-electron chi connectivity index (χ2n) is 6.29. The summed E-state index contributed by atoms with van der Waals surface area (Å²) in [4.78, 5) is 39.0. The Bertz CT molecular complexity index is 1090. The van der Waals surface area contributed by atoms with Gasteiger partial charge in [-0.05, 0) is 26.0 Å². The van der Waals surface area contributed by atoms with E-state index in [1.807, 2.05) is 13.8 Å². The molecule has 0 fully saturated rings. The van der Waals surface area contributed by atoms with Crippen LogP contribution < -0.4 is 5.32 Å². The zero-order valence-corrected chi connectivity index (χ0v) is 15.4. The van der Waals surface area contributed by atoms with Crippen LogP contribution in [0.2, 0.25) is 0 Å². The number of hydrogen-bond acceptors (Lipinski definition) is 7. The van der Waals surface area contributed by atoms with E-state index < -0.39 is 16.8 Å². The molecule has 2 aromatic heterocycles. The van der Waals surface area contributed by atoms with Crippen molar-refractivity contribution < 1.29 is 19.2 Å². The Kier molecular flexibility index (Phi) is 5.03. The van der Waals surface area contributed by atoms with Crippen molar-refractivity contribution in [1.29, 1.82) is 0 Å². The number of ether oxygens (including phenoxy) is 1. The van der Waals surface area contributed by atoms with E-state index in [9.17, 15) is 19.7 Å². The van der Waals surface area contributed by atoms with E-state index in [0.29, 0.717) is 11.3 Å². The van der Waals surface area contributed by atoms with Crippen LogP contribution in [0, 0.1) is 10.1 Å². The predicted octanol–water partition coefficient (Wildman–Crippen LogP) is 2.96. The lowest BCUT2D eigenvalue weighted by Crippen LogP contribution is -2.14. The zero-order valence-electron chi connectivity index (χ0n) is 15.4. The van der Waals surface area contributed by atoms with Gasteiger partial charge in [-0.1, -0.05) is 0 Å². The molecule has 0 bridgehead atoms. The fourth-order valence-corrected chi connectivity index (χ4v) is 2.67. The number of pyridine rings is 1. The van der Waals surface area contributed by atoms with Gasteiger partial charge in [0.1, 0.15) is 0 Å². The first-order valence-electron chi connectivity index (χ1n) is 8.32. The van der Waals surface area contributed by atoms with Gasteiger partial charge in [-0.3, -0.25) is 14.9 Å². The summed E-state index contributed by atoms with van der Waals surface area (Å²) in [5, 5.41) is 18.7. The van der Waals surface area contributed by atoms with Gasteiger partial charge < -0.3 is 10.1 Å². The normalized spacial score (nSPS) is 10.9. The number of aromatic nitrogens is 3. The molecular formula is C18H17N5O5. The second-order valence-corrected chi connectivity index (χ2v) is 6.29. The molecule has 0 saturated heterocycles. The summed E-state index contributed by atoms with van der Waals surface area (Å²) >= 11 is 0. The molecule has 3 aromatic rings. The van der Waals surface area contributed by atoms with Gasteiger partial charge in [-0.25, -0.2) is 14.5 Å². The maximum absolute atomic E-state index is 12.6. The highest BCUT2D eigenvalue weighted by Crippen LogP contribution is 2.22. The van der Waals surface area contributed by atoms with Crippen molar-refractivity contribution in [3.05, 3.63) is 57.9 Å². The Morgan fingerprint density at radius 1 is 1.18 bits per heavy atom. The number of non-ortho nitro benzene ring substituents is 1. The predicted molar refractivity (Wildman–Crippen MR) is 100 cm³/mol. The first-order chi connectivity index (χ1) is 13.3. The number of hydrogen-bond donors (Lipinski definition) is 1. The summed E-state index contributed by atoms with van der Waals surface area (Å²) in [5.74, 6) is -1.40. The van der Waals surface area contributed by atoms with Crippen molar-refractivity contribution in [3.63, 3.8) is 0 Å². The molecule has 0 aliphatic rings. The van der Waals surface area contributed by atoms with Crippen molar-refractivity contribution in [1.82, 2.24) is 14.8 Å². The number of esters is 1. The maximum Gasteiger partial charge on any atom is 0.338 e. The van der Waals surface area contributed by atoms with Gasteiger partial charge in [0.05, 0.1) is 35.7 Å². The molecule has 2 heterocycles. The number of fused-ring (bicyclic) bond motifs is 1. The van der Waals surface area contributed by atoms with Crippen molar-refractivity contribution in [2.24, 2.45) is 0 Å². The lowest BCUT2D eigenvalue weighted by atomic mass is 10.1. The van der Waals surface area contributed by atoms with Crippen LogP contribution in [-0.2, 0) is 4.74 Å². The van der Waals surface area contributed by atoms with E-state index in [-0.39, 0.29) is 22.9 Å². The molecule has 1 aromatic carbocycles. The number of carbonyl (C=O) groups excluding carboxylic acids is 2. The number of nitro benzene ring substituents is 1. The molecule has 1 amide bonds. The maximum atomic E-state index is 12.6. The zero-order chi connectivity index (χ0) is 20.4. The summed E-state index contributed by atoms with van der Waals surface area (Å²) in [5.41, 5.74) is 0.546.